The van der Waals surface area contributed by atoms with Gasteiger partial charge in [-0.2, -0.15) is 13.2 Å². The Morgan fingerprint density at radius 2 is 1.58 bits per heavy atom. The van der Waals surface area contributed by atoms with Crippen molar-refractivity contribution >= 4 is 11.6 Å². The van der Waals surface area contributed by atoms with Crippen LogP contribution in [0.2, 0.25) is 0 Å². The minimum atomic E-state index is -5.63. The second-order valence-corrected chi connectivity index (χ2v) is 5.06. The number of nitrogens with two attached hydrogens (primary N) is 1. The number of hydrogen-bond donors (Lipinski definition) is 3. The van der Waals surface area contributed by atoms with Crippen LogP contribution in [0.3, 0.4) is 0 Å². The van der Waals surface area contributed by atoms with Gasteiger partial charge in [0.15, 0.2) is 23.3 Å². The first-order valence-electron chi connectivity index (χ1n) is 6.73. The third kappa shape index (κ3) is 3.51. The fourth-order valence-corrected chi connectivity index (χ4v) is 2.12. The highest BCUT2D eigenvalue weighted by atomic mass is 19.4. The van der Waals surface area contributed by atoms with Crippen LogP contribution in [0.1, 0.15) is 21.5 Å². The molecule has 0 aliphatic heterocycles. The van der Waals surface area contributed by atoms with E-state index in [1.807, 2.05) is 0 Å². The van der Waals surface area contributed by atoms with Gasteiger partial charge in [0.25, 0.3) is 5.91 Å². The summed E-state index contributed by atoms with van der Waals surface area (Å²) in [5, 5.41) is 11.7. The first-order chi connectivity index (χ1) is 11.9. The molecule has 2 aromatic carbocycles. The topological polar surface area (TPSA) is 75.4 Å². The third-order valence-electron chi connectivity index (χ3n) is 3.37. The Balaban J connectivity index is 2.40. The van der Waals surface area contributed by atoms with Gasteiger partial charge in [-0.1, -0.05) is 0 Å². The number of nitrogens with one attached hydrogen (secondary N) is 1. The standard InChI is InChI=1S/C15H9F7N2O2/c16-10-7(11(17)13(19)9(12(10)18)15(20,21)22)4-24-5-1-2-8(25)6(3-5)14(23)26/h1-3,24-25H,4H2,(H2,23,26). The molecule has 0 aliphatic rings. The summed E-state index contributed by atoms with van der Waals surface area (Å²) in [5.74, 6) is -11.1. The lowest BCUT2D eigenvalue weighted by atomic mass is 10.1. The smallest absolute Gasteiger partial charge is 0.422 e. The summed E-state index contributed by atoms with van der Waals surface area (Å²) in [6.07, 6.45) is -5.63. The van der Waals surface area contributed by atoms with Gasteiger partial charge in [0.2, 0.25) is 0 Å². The molecule has 26 heavy (non-hydrogen) atoms. The number of phenols is 1. The predicted molar refractivity (Wildman–Crippen MR) is 75.2 cm³/mol. The van der Waals surface area contributed by atoms with Gasteiger partial charge in [-0.3, -0.25) is 4.79 Å². The molecule has 0 spiro atoms. The van der Waals surface area contributed by atoms with Crippen LogP contribution in [-0.2, 0) is 12.7 Å². The van der Waals surface area contributed by atoms with E-state index < -0.39 is 58.8 Å². The minimum absolute atomic E-state index is 0.0453. The third-order valence-corrected chi connectivity index (χ3v) is 3.37. The maximum atomic E-state index is 13.8. The van der Waals surface area contributed by atoms with E-state index in [1.165, 1.54) is 0 Å². The molecule has 0 radical (unpaired) electrons. The summed E-state index contributed by atoms with van der Waals surface area (Å²) in [5.41, 5.74) is 0.591. The zero-order chi connectivity index (χ0) is 19.8. The lowest BCUT2D eigenvalue weighted by Crippen LogP contribution is -2.18. The second-order valence-electron chi connectivity index (χ2n) is 5.06. The fourth-order valence-electron chi connectivity index (χ4n) is 2.12. The summed E-state index contributed by atoms with van der Waals surface area (Å²) >= 11 is 0. The number of amides is 1. The van der Waals surface area contributed by atoms with E-state index in [4.69, 9.17) is 5.73 Å². The van der Waals surface area contributed by atoms with Gasteiger partial charge >= 0.3 is 6.18 Å². The Morgan fingerprint density at radius 3 is 2.04 bits per heavy atom. The van der Waals surface area contributed by atoms with Crippen LogP contribution >= 0.6 is 0 Å². The van der Waals surface area contributed by atoms with Gasteiger partial charge in [-0.15, -0.1) is 0 Å². The molecule has 2 rings (SSSR count). The van der Waals surface area contributed by atoms with Crippen LogP contribution in [0.5, 0.6) is 5.75 Å². The highest BCUT2D eigenvalue weighted by Gasteiger charge is 2.42. The molecule has 0 bridgehead atoms. The number of alkyl halides is 3. The first-order valence-corrected chi connectivity index (χ1v) is 6.73. The molecule has 0 unspecified atom stereocenters. The van der Waals surface area contributed by atoms with E-state index in [0.29, 0.717) is 0 Å². The summed E-state index contributed by atoms with van der Waals surface area (Å²) in [6.45, 7) is -0.952. The molecule has 140 valence electrons. The number of rotatable bonds is 4. The van der Waals surface area contributed by atoms with Gasteiger partial charge in [-0.05, 0) is 18.2 Å². The Kier molecular flexibility index (Phi) is 5.01. The number of hydrogen-bond acceptors (Lipinski definition) is 3. The lowest BCUT2D eigenvalue weighted by Gasteiger charge is -2.15. The molecule has 1 amide bonds. The monoisotopic (exact) mass is 382 g/mol. The second kappa shape index (κ2) is 6.73. The summed E-state index contributed by atoms with van der Waals surface area (Å²) in [4.78, 5) is 11.1. The molecular weight excluding hydrogens is 373 g/mol. The molecule has 2 aromatic rings. The quantitative estimate of drug-likeness (QED) is 0.429. The van der Waals surface area contributed by atoms with Crippen LogP contribution in [0, 0.1) is 23.3 Å². The van der Waals surface area contributed by atoms with Crippen LogP contribution in [0.4, 0.5) is 36.4 Å². The Morgan fingerprint density at radius 1 is 1.04 bits per heavy atom. The molecule has 0 atom stereocenters. The van der Waals surface area contributed by atoms with Crippen molar-refractivity contribution in [3.63, 3.8) is 0 Å². The Bertz CT molecular complexity index is 852. The van der Waals surface area contributed by atoms with Gasteiger partial charge in [0.05, 0.1) is 5.56 Å². The maximum absolute atomic E-state index is 13.8. The number of carbonyl (C=O) groups is 1. The van der Waals surface area contributed by atoms with Crippen molar-refractivity contribution in [2.75, 3.05) is 5.32 Å². The summed E-state index contributed by atoms with van der Waals surface area (Å²) in [7, 11) is 0. The highest BCUT2D eigenvalue weighted by molar-refractivity contribution is 5.96. The van der Waals surface area contributed by atoms with Crippen molar-refractivity contribution < 1.29 is 40.6 Å². The predicted octanol–water partition coefficient (Wildman–Crippen LogP) is 3.68. The van der Waals surface area contributed by atoms with Crippen LogP contribution in [0.15, 0.2) is 18.2 Å². The zero-order valence-electron chi connectivity index (χ0n) is 12.5. The highest BCUT2D eigenvalue weighted by Crippen LogP contribution is 2.37. The number of aromatic hydroxyl groups is 1. The number of benzene rings is 2. The van der Waals surface area contributed by atoms with Crippen molar-refractivity contribution in [1.82, 2.24) is 0 Å². The average Bonchev–Trinajstić information content (AvgIpc) is 2.53. The fraction of sp³-hybridized carbons (Fsp3) is 0.133. The van der Waals surface area contributed by atoms with Crippen molar-refractivity contribution in [2.24, 2.45) is 5.73 Å². The average molecular weight is 382 g/mol. The molecule has 4 N–H and O–H groups in total. The van der Waals surface area contributed by atoms with Crippen molar-refractivity contribution in [1.29, 1.82) is 0 Å². The molecule has 11 heteroatoms. The summed E-state index contributed by atoms with van der Waals surface area (Å²) < 4.78 is 92.1. The van der Waals surface area contributed by atoms with Gasteiger partial charge < -0.3 is 16.2 Å². The first kappa shape index (κ1) is 19.3. The van der Waals surface area contributed by atoms with E-state index in [9.17, 15) is 40.6 Å². The van der Waals surface area contributed by atoms with E-state index >= 15 is 0 Å². The SMILES string of the molecule is NC(=O)c1cc(NCc2c(F)c(F)c(C(F)(F)F)c(F)c2F)ccc1O. The maximum Gasteiger partial charge on any atom is 0.422 e. The number of halogens is 7. The van der Waals surface area contributed by atoms with Gasteiger partial charge in [-0.25, -0.2) is 17.6 Å². The van der Waals surface area contributed by atoms with Gasteiger partial charge in [0, 0.05) is 17.8 Å². The summed E-state index contributed by atoms with van der Waals surface area (Å²) in [6, 6.07) is 3.11. The minimum Gasteiger partial charge on any atom is -0.507 e. The molecule has 0 fully saturated rings. The molecule has 0 saturated carbocycles. The van der Waals surface area contributed by atoms with E-state index in [2.05, 4.69) is 5.32 Å². The molecule has 0 aliphatic carbocycles. The van der Waals surface area contributed by atoms with Crippen molar-refractivity contribution in [3.8, 4) is 5.75 Å². The molecule has 0 aromatic heterocycles. The van der Waals surface area contributed by atoms with Gasteiger partial charge in [0.1, 0.15) is 11.3 Å². The van der Waals surface area contributed by atoms with E-state index in [-0.39, 0.29) is 11.3 Å². The molecule has 0 heterocycles. The lowest BCUT2D eigenvalue weighted by molar-refractivity contribution is -0.143. The zero-order valence-corrected chi connectivity index (χ0v) is 12.5. The number of anilines is 1. The normalized spacial score (nSPS) is 11.5. The van der Waals surface area contributed by atoms with Crippen LogP contribution in [-0.4, -0.2) is 11.0 Å². The Hall–Kier alpha value is -2.98. The van der Waals surface area contributed by atoms with E-state index in [1.54, 1.807) is 0 Å². The number of carbonyl (C=O) groups excluding carboxylic acids is 1. The van der Waals surface area contributed by atoms with Crippen LogP contribution in [0.25, 0.3) is 0 Å². The van der Waals surface area contributed by atoms with Crippen molar-refractivity contribution in [2.45, 2.75) is 12.7 Å². The molecule has 0 saturated heterocycles. The molecule has 4 nitrogen and oxygen atoms in total. The Labute approximate surface area is 141 Å². The number of primary amides is 1. The molecular formula is C15H9F7N2O2. The van der Waals surface area contributed by atoms with Crippen molar-refractivity contribution in [3.05, 3.63) is 58.2 Å². The van der Waals surface area contributed by atoms with E-state index in [0.717, 1.165) is 18.2 Å². The largest absolute Gasteiger partial charge is 0.507 e. The van der Waals surface area contributed by atoms with Crippen LogP contribution < -0.4 is 11.1 Å².